The zero-order valence-electron chi connectivity index (χ0n) is 46.7. The molecule has 27 nitrogen and oxygen atoms in total. The van der Waals surface area contributed by atoms with Gasteiger partial charge in [-0.15, -0.1) is 0 Å². The molecule has 0 bridgehead atoms. The van der Waals surface area contributed by atoms with Gasteiger partial charge < -0.3 is 82.0 Å². The predicted molar refractivity (Wildman–Crippen MR) is 301 cm³/mol. The van der Waals surface area contributed by atoms with Crippen LogP contribution in [0.5, 0.6) is 0 Å². The number of nitrogens with two attached hydrogens (primary N) is 6. The average molecular weight is 1140 g/mol. The van der Waals surface area contributed by atoms with E-state index >= 15 is 0 Å². The van der Waals surface area contributed by atoms with Crippen molar-refractivity contribution in [3.8, 4) is 0 Å². The first kappa shape index (κ1) is 68.9. The van der Waals surface area contributed by atoms with E-state index in [0.717, 1.165) is 0 Å². The van der Waals surface area contributed by atoms with Gasteiger partial charge in [-0.2, -0.15) is 0 Å². The molecule has 0 radical (unpaired) electrons. The Hall–Kier alpha value is -8.20. The van der Waals surface area contributed by atoms with Gasteiger partial charge in [0.25, 0.3) is 0 Å². The third-order valence-corrected chi connectivity index (χ3v) is 12.4. The van der Waals surface area contributed by atoms with E-state index in [9.17, 15) is 57.8 Å². The summed E-state index contributed by atoms with van der Waals surface area (Å²) in [5, 5.41) is 30.4. The van der Waals surface area contributed by atoms with Gasteiger partial charge in [-0.25, -0.2) is 4.79 Å². The van der Waals surface area contributed by atoms with E-state index in [1.165, 1.54) is 0 Å². The molecule has 0 saturated carbocycles. The van der Waals surface area contributed by atoms with Gasteiger partial charge in [0, 0.05) is 32.2 Å². The van der Waals surface area contributed by atoms with Crippen molar-refractivity contribution < 1.29 is 57.8 Å². The highest BCUT2D eigenvalue weighted by Crippen LogP contribution is 2.13. The third kappa shape index (κ3) is 28.5. The van der Waals surface area contributed by atoms with Gasteiger partial charge >= 0.3 is 5.97 Å². The summed E-state index contributed by atoms with van der Waals surface area (Å²) in [5.74, 6) is -10.0. The number of guanidine groups is 1. The summed E-state index contributed by atoms with van der Waals surface area (Å²) in [6.07, 6.45) is -0.255. The fraction of sp³-hybridized carbons (Fsp3) is 0.556. The van der Waals surface area contributed by atoms with Gasteiger partial charge in [-0.3, -0.25) is 52.9 Å². The molecule has 0 heterocycles. The number of carboxylic acid groups (broad SMARTS) is 1. The molecule has 27 heteroatoms. The number of nitrogens with one attached hydrogen (secondary N) is 8. The van der Waals surface area contributed by atoms with Gasteiger partial charge in [0.1, 0.15) is 42.3 Å². The topological polar surface area (TPSA) is 473 Å². The van der Waals surface area contributed by atoms with Crippen molar-refractivity contribution in [2.75, 3.05) is 19.6 Å². The molecule has 0 spiro atoms. The van der Waals surface area contributed by atoms with Crippen LogP contribution in [0.3, 0.4) is 0 Å². The van der Waals surface area contributed by atoms with E-state index in [1.54, 1.807) is 74.5 Å². The maximum Gasteiger partial charge on any atom is 0.326 e. The Morgan fingerprint density at radius 3 is 1.31 bits per heavy atom. The lowest BCUT2D eigenvalue weighted by atomic mass is 10.0. The summed E-state index contributed by atoms with van der Waals surface area (Å²) in [5.41, 5.74) is 34.7. The van der Waals surface area contributed by atoms with E-state index < -0.39 is 126 Å². The van der Waals surface area contributed by atoms with Crippen LogP contribution in [0.4, 0.5) is 0 Å². The van der Waals surface area contributed by atoms with Crippen LogP contribution in [0.25, 0.3) is 0 Å². The standard InChI is InChI=1S/C54H85N15O12/c1-31(2)26-35(56)46(73)64-39(21-23-44(58)71)50(77)66-38(20-22-43(57)70)47(74)62-30-45(72)63-36(19-13-25-61-54(59)60)48(75)67-41(29-34-16-9-6-10-17-34)52(79)68-40(28-33-14-7-5-8-15-33)51(78)65-37(18-11-12-24-55)49(76)69-42(53(80)81)27-32(3)4/h5-10,14-17,31-32,35-42H,11-13,18-30,55-56H2,1-4H3,(H2,57,70)(H2,58,71)(H,62,74)(H,63,72)(H,64,73)(H,65,78)(H,66,77)(H,67,75)(H,68,79)(H,69,76)(H,80,81)(H4,59,60,61)/t35-,36-,37-,38-,39-,40-,41-,42-/m0/s1. The molecule has 0 aliphatic carbocycles. The van der Waals surface area contributed by atoms with Crippen LogP contribution in [-0.4, -0.2) is 144 Å². The van der Waals surface area contributed by atoms with Gasteiger partial charge in [-0.05, 0) is 87.3 Å². The molecular weight excluding hydrogens is 1050 g/mol. The number of amides is 10. The number of carbonyl (C=O) groups is 11. The molecule has 2 aromatic rings. The molecule has 0 fully saturated rings. The largest absolute Gasteiger partial charge is 0.480 e. The number of unbranched alkanes of at least 4 members (excludes halogenated alkanes) is 1. The van der Waals surface area contributed by atoms with E-state index in [0.29, 0.717) is 24.0 Å². The molecule has 10 amide bonds. The van der Waals surface area contributed by atoms with Crippen molar-refractivity contribution in [3.05, 3.63) is 71.8 Å². The third-order valence-electron chi connectivity index (χ3n) is 12.4. The lowest BCUT2D eigenvalue weighted by Crippen LogP contribution is -2.60. The Morgan fingerprint density at radius 2 is 0.877 bits per heavy atom. The molecule has 448 valence electrons. The number of aliphatic carboxylic acids is 1. The van der Waals surface area contributed by atoms with Crippen molar-refractivity contribution in [3.63, 3.8) is 0 Å². The first-order valence-electron chi connectivity index (χ1n) is 27.1. The molecule has 0 unspecified atom stereocenters. The Balaban J connectivity index is 2.49. The van der Waals surface area contributed by atoms with Crippen LogP contribution in [0.2, 0.25) is 0 Å². The fourth-order valence-corrected chi connectivity index (χ4v) is 8.25. The quantitative estimate of drug-likeness (QED) is 0.0183. The lowest BCUT2D eigenvalue weighted by molar-refractivity contribution is -0.143. The molecule has 0 aromatic heterocycles. The van der Waals surface area contributed by atoms with Crippen LogP contribution in [0, 0.1) is 11.8 Å². The van der Waals surface area contributed by atoms with Gasteiger partial charge in [0.05, 0.1) is 12.6 Å². The number of carbonyl (C=O) groups excluding carboxylic acids is 10. The highest BCUT2D eigenvalue weighted by molar-refractivity contribution is 5.98. The summed E-state index contributed by atoms with van der Waals surface area (Å²) in [6.45, 7) is 6.77. The summed E-state index contributed by atoms with van der Waals surface area (Å²) < 4.78 is 0. The average Bonchev–Trinajstić information content (AvgIpc) is 3.41. The van der Waals surface area contributed by atoms with Gasteiger partial charge in [0.15, 0.2) is 5.96 Å². The number of hydrogen-bond donors (Lipinski definition) is 15. The molecule has 0 saturated heterocycles. The van der Waals surface area contributed by atoms with Gasteiger partial charge in [-0.1, -0.05) is 88.4 Å². The Labute approximate surface area is 472 Å². The normalized spacial score (nSPS) is 14.0. The van der Waals surface area contributed by atoms with E-state index in [2.05, 4.69) is 47.5 Å². The van der Waals surface area contributed by atoms with Crippen LogP contribution in [0.15, 0.2) is 65.7 Å². The number of rotatable bonds is 39. The van der Waals surface area contributed by atoms with Crippen molar-refractivity contribution in [1.29, 1.82) is 0 Å². The van der Waals surface area contributed by atoms with Crippen LogP contribution in [-0.2, 0) is 65.6 Å². The predicted octanol–water partition coefficient (Wildman–Crippen LogP) is -2.80. The van der Waals surface area contributed by atoms with Crippen molar-refractivity contribution >= 4 is 71.0 Å². The van der Waals surface area contributed by atoms with Crippen molar-refractivity contribution in [1.82, 2.24) is 42.5 Å². The fourth-order valence-electron chi connectivity index (χ4n) is 8.25. The molecule has 2 rings (SSSR count). The molecule has 0 aliphatic heterocycles. The first-order valence-corrected chi connectivity index (χ1v) is 27.1. The van der Waals surface area contributed by atoms with E-state index in [-0.39, 0.29) is 95.1 Å². The monoisotopic (exact) mass is 1140 g/mol. The first-order chi connectivity index (χ1) is 38.3. The Morgan fingerprint density at radius 1 is 0.481 bits per heavy atom. The van der Waals surface area contributed by atoms with E-state index in [1.807, 2.05) is 13.8 Å². The maximum absolute atomic E-state index is 14.6. The SMILES string of the molecule is CC(C)C[C@H](NC(=O)[C@H](CCCCN)NC(=O)[C@H](Cc1ccccc1)NC(=O)[C@H](Cc1ccccc1)NC(=O)[C@H](CCCN=C(N)N)NC(=O)CNC(=O)[C@H](CCC(N)=O)NC(=O)[C@H](CCC(N)=O)NC(=O)[C@@H](N)CC(C)C)C(=O)O. The second-order valence-electron chi connectivity index (χ2n) is 20.5. The molecular formula is C54H85N15O12. The number of benzene rings is 2. The highest BCUT2D eigenvalue weighted by Gasteiger charge is 2.34. The number of nitrogens with zero attached hydrogens (tertiary/aromatic N) is 1. The highest BCUT2D eigenvalue weighted by atomic mass is 16.4. The molecule has 2 aromatic carbocycles. The van der Waals surface area contributed by atoms with E-state index in [4.69, 9.17) is 34.4 Å². The summed E-state index contributed by atoms with van der Waals surface area (Å²) >= 11 is 0. The second kappa shape index (κ2) is 36.9. The Bertz CT molecular complexity index is 2430. The summed E-state index contributed by atoms with van der Waals surface area (Å²) in [4.78, 5) is 151. The minimum atomic E-state index is -1.52. The van der Waals surface area contributed by atoms with Crippen molar-refractivity contribution in [2.24, 2.45) is 51.2 Å². The molecule has 0 aliphatic rings. The molecule has 8 atom stereocenters. The Kier molecular flexibility index (Phi) is 31.4. The summed E-state index contributed by atoms with van der Waals surface area (Å²) in [6, 6.07) is 6.58. The smallest absolute Gasteiger partial charge is 0.326 e. The number of aliphatic imine (C=N–C) groups is 1. The second-order valence-corrected chi connectivity index (χ2v) is 20.5. The zero-order chi connectivity index (χ0) is 60.6. The minimum absolute atomic E-state index is 0.00858. The van der Waals surface area contributed by atoms with Gasteiger partial charge in [0.2, 0.25) is 59.1 Å². The number of primary amides is 2. The maximum atomic E-state index is 14.6. The summed E-state index contributed by atoms with van der Waals surface area (Å²) in [7, 11) is 0. The minimum Gasteiger partial charge on any atom is -0.480 e. The zero-order valence-corrected chi connectivity index (χ0v) is 46.7. The van der Waals surface area contributed by atoms with Crippen LogP contribution < -0.4 is 76.9 Å². The van der Waals surface area contributed by atoms with Crippen LogP contribution >= 0.6 is 0 Å². The molecule has 81 heavy (non-hydrogen) atoms. The lowest BCUT2D eigenvalue weighted by Gasteiger charge is -2.27. The number of carboxylic acids is 1. The van der Waals surface area contributed by atoms with Crippen LogP contribution in [0.1, 0.15) is 109 Å². The number of hydrogen-bond acceptors (Lipinski definition) is 14. The van der Waals surface area contributed by atoms with Crippen molar-refractivity contribution in [2.45, 2.75) is 160 Å². The molecule has 21 N–H and O–H groups in total.